The van der Waals surface area contributed by atoms with Crippen molar-refractivity contribution in [2.45, 2.75) is 12.8 Å². The molecule has 0 spiro atoms. The largest absolute Gasteiger partial charge is 0.352 e. The Labute approximate surface area is 153 Å². The third-order valence-electron chi connectivity index (χ3n) is 4.55. The van der Waals surface area contributed by atoms with Gasteiger partial charge in [-0.05, 0) is 37.0 Å². The summed E-state index contributed by atoms with van der Waals surface area (Å²) in [6.07, 6.45) is 4.88. The Balaban J connectivity index is 1.61. The van der Waals surface area contributed by atoms with E-state index in [1.807, 2.05) is 0 Å². The Kier molecular flexibility index (Phi) is 5.49. The van der Waals surface area contributed by atoms with E-state index in [-0.39, 0.29) is 11.8 Å². The van der Waals surface area contributed by atoms with Crippen molar-refractivity contribution in [3.63, 3.8) is 0 Å². The van der Waals surface area contributed by atoms with Crippen LogP contribution in [0.3, 0.4) is 0 Å². The third-order valence-corrected chi connectivity index (χ3v) is 6.46. The first-order valence-corrected chi connectivity index (χ1v) is 9.94. The molecule has 1 unspecified atom stereocenters. The van der Waals surface area contributed by atoms with Gasteiger partial charge in [-0.15, -0.1) is 0 Å². The zero-order valence-corrected chi connectivity index (χ0v) is 15.7. The van der Waals surface area contributed by atoms with Crippen LogP contribution in [0.2, 0.25) is 0 Å². The minimum absolute atomic E-state index is 0.0997. The maximum Gasteiger partial charge on any atom is 0.281 e. The Bertz CT molecular complexity index is 900. The quantitative estimate of drug-likeness (QED) is 0.834. The first-order valence-electron chi connectivity index (χ1n) is 8.54. The highest BCUT2D eigenvalue weighted by molar-refractivity contribution is 7.86. The van der Waals surface area contributed by atoms with E-state index in [9.17, 15) is 13.2 Å². The summed E-state index contributed by atoms with van der Waals surface area (Å²) in [5.74, 6) is -0.0900. The number of carbonyl (C=O) groups excluding carboxylic acids is 1. The van der Waals surface area contributed by atoms with Gasteiger partial charge in [-0.2, -0.15) is 17.0 Å². The van der Waals surface area contributed by atoms with Crippen molar-refractivity contribution < 1.29 is 13.2 Å². The summed E-state index contributed by atoms with van der Waals surface area (Å²) in [5, 5.41) is 2.91. The second kappa shape index (κ2) is 7.65. The van der Waals surface area contributed by atoms with Crippen LogP contribution in [-0.4, -0.2) is 66.6 Å². The van der Waals surface area contributed by atoms with E-state index in [0.29, 0.717) is 30.7 Å². The molecule has 1 atom stereocenters. The maximum absolute atomic E-state index is 12.4. The van der Waals surface area contributed by atoms with Gasteiger partial charge >= 0.3 is 0 Å². The molecule has 2 aromatic rings. The molecule has 1 aromatic heterocycles. The number of carbonyl (C=O) groups is 1. The molecule has 140 valence electrons. The van der Waals surface area contributed by atoms with Gasteiger partial charge in [0.05, 0.1) is 11.0 Å². The van der Waals surface area contributed by atoms with Gasteiger partial charge in [-0.3, -0.25) is 14.8 Å². The van der Waals surface area contributed by atoms with E-state index >= 15 is 0 Å². The molecule has 1 fully saturated rings. The molecule has 9 heteroatoms. The highest BCUT2D eigenvalue weighted by atomic mass is 32.2. The molecule has 1 aliphatic rings. The summed E-state index contributed by atoms with van der Waals surface area (Å²) in [5.41, 5.74) is 1.92. The van der Waals surface area contributed by atoms with E-state index in [1.54, 1.807) is 30.6 Å². The number of aromatic nitrogens is 2. The number of rotatable bonds is 5. The average molecular weight is 377 g/mol. The molecule has 1 amide bonds. The van der Waals surface area contributed by atoms with Crippen molar-refractivity contribution in [2.75, 3.05) is 33.7 Å². The lowest BCUT2D eigenvalue weighted by atomic mass is 9.99. The Morgan fingerprint density at radius 3 is 2.73 bits per heavy atom. The van der Waals surface area contributed by atoms with Gasteiger partial charge < -0.3 is 5.32 Å². The summed E-state index contributed by atoms with van der Waals surface area (Å²) in [4.78, 5) is 20.8. The summed E-state index contributed by atoms with van der Waals surface area (Å²) >= 11 is 0. The van der Waals surface area contributed by atoms with Crippen molar-refractivity contribution >= 4 is 27.1 Å². The first-order chi connectivity index (χ1) is 12.4. The third kappa shape index (κ3) is 4.00. The van der Waals surface area contributed by atoms with Gasteiger partial charge in [-0.1, -0.05) is 0 Å². The number of benzene rings is 1. The van der Waals surface area contributed by atoms with Gasteiger partial charge in [0, 0.05) is 51.7 Å². The molecule has 1 aromatic carbocycles. The smallest absolute Gasteiger partial charge is 0.281 e. The predicted molar refractivity (Wildman–Crippen MR) is 98.8 cm³/mol. The van der Waals surface area contributed by atoms with Gasteiger partial charge in [0.15, 0.2) is 0 Å². The van der Waals surface area contributed by atoms with Crippen molar-refractivity contribution in [2.24, 2.45) is 5.92 Å². The van der Waals surface area contributed by atoms with E-state index in [2.05, 4.69) is 15.3 Å². The summed E-state index contributed by atoms with van der Waals surface area (Å²) in [6.45, 7) is 1.38. The Morgan fingerprint density at radius 2 is 2.00 bits per heavy atom. The number of hydrogen-bond acceptors (Lipinski definition) is 5. The molecule has 2 heterocycles. The number of nitrogens with zero attached hydrogens (tertiary/aromatic N) is 4. The van der Waals surface area contributed by atoms with Crippen LogP contribution in [0.1, 0.15) is 23.2 Å². The number of nitrogens with one attached hydrogen (secondary N) is 1. The van der Waals surface area contributed by atoms with Crippen molar-refractivity contribution in [1.29, 1.82) is 0 Å². The predicted octanol–water partition coefficient (Wildman–Crippen LogP) is 0.878. The van der Waals surface area contributed by atoms with Crippen LogP contribution >= 0.6 is 0 Å². The van der Waals surface area contributed by atoms with Crippen LogP contribution < -0.4 is 5.32 Å². The van der Waals surface area contributed by atoms with Crippen LogP contribution in [0.4, 0.5) is 0 Å². The van der Waals surface area contributed by atoms with Gasteiger partial charge in [0.2, 0.25) is 0 Å². The SMILES string of the molecule is CN(C)S(=O)(=O)N1CCCC(CNC(=O)c2ccc3nccnc3c2)C1. The highest BCUT2D eigenvalue weighted by Gasteiger charge is 2.30. The normalized spacial score (nSPS) is 19.0. The average Bonchev–Trinajstić information content (AvgIpc) is 2.65. The van der Waals surface area contributed by atoms with E-state index in [0.717, 1.165) is 18.4 Å². The van der Waals surface area contributed by atoms with Crippen molar-refractivity contribution in [3.05, 3.63) is 36.2 Å². The Morgan fingerprint density at radius 1 is 1.27 bits per heavy atom. The minimum atomic E-state index is -3.41. The summed E-state index contributed by atoms with van der Waals surface area (Å²) < 4.78 is 27.2. The monoisotopic (exact) mass is 377 g/mol. The topological polar surface area (TPSA) is 95.5 Å². The maximum atomic E-state index is 12.4. The Hall–Kier alpha value is -2.10. The molecular formula is C17H23N5O3S. The fourth-order valence-corrected chi connectivity index (χ4v) is 4.30. The van der Waals surface area contributed by atoms with Gasteiger partial charge in [0.1, 0.15) is 0 Å². The van der Waals surface area contributed by atoms with Crippen molar-refractivity contribution in [3.8, 4) is 0 Å². The van der Waals surface area contributed by atoms with Crippen LogP contribution in [0, 0.1) is 5.92 Å². The lowest BCUT2D eigenvalue weighted by Crippen LogP contribution is -2.47. The molecule has 1 saturated heterocycles. The molecule has 8 nitrogen and oxygen atoms in total. The van der Waals surface area contributed by atoms with Gasteiger partial charge in [0.25, 0.3) is 16.1 Å². The molecule has 0 aliphatic carbocycles. The second-order valence-corrected chi connectivity index (χ2v) is 8.77. The van der Waals surface area contributed by atoms with E-state index in [4.69, 9.17) is 0 Å². The lowest BCUT2D eigenvalue weighted by molar-refractivity contribution is 0.0941. The second-order valence-electron chi connectivity index (χ2n) is 6.63. The molecule has 1 aliphatic heterocycles. The minimum Gasteiger partial charge on any atom is -0.352 e. The summed E-state index contributed by atoms with van der Waals surface area (Å²) in [7, 11) is -0.347. The zero-order chi connectivity index (χ0) is 18.7. The first kappa shape index (κ1) is 18.7. The highest BCUT2D eigenvalue weighted by Crippen LogP contribution is 2.20. The van der Waals surface area contributed by atoms with Crippen LogP contribution in [0.15, 0.2) is 30.6 Å². The number of hydrogen-bond donors (Lipinski definition) is 1. The van der Waals surface area contributed by atoms with E-state index in [1.165, 1.54) is 22.7 Å². The number of amides is 1. The fraction of sp³-hybridized carbons (Fsp3) is 0.471. The molecule has 0 radical (unpaired) electrons. The zero-order valence-electron chi connectivity index (χ0n) is 14.9. The molecule has 1 N–H and O–H groups in total. The van der Waals surface area contributed by atoms with E-state index < -0.39 is 10.2 Å². The molecular weight excluding hydrogens is 354 g/mol. The van der Waals surface area contributed by atoms with Gasteiger partial charge in [-0.25, -0.2) is 0 Å². The molecule has 26 heavy (non-hydrogen) atoms. The van der Waals surface area contributed by atoms with Crippen LogP contribution in [-0.2, 0) is 10.2 Å². The molecule has 0 saturated carbocycles. The number of piperidine rings is 1. The van der Waals surface area contributed by atoms with Crippen LogP contribution in [0.25, 0.3) is 11.0 Å². The lowest BCUT2D eigenvalue weighted by Gasteiger charge is -2.33. The van der Waals surface area contributed by atoms with Crippen LogP contribution in [0.5, 0.6) is 0 Å². The summed E-state index contributed by atoms with van der Waals surface area (Å²) in [6, 6.07) is 5.20. The molecule has 0 bridgehead atoms. The van der Waals surface area contributed by atoms with Crippen molar-refractivity contribution in [1.82, 2.24) is 23.9 Å². The standard InChI is InChI=1S/C17H23N5O3S/c1-21(2)26(24,25)22-9-3-4-13(12-22)11-20-17(23)14-5-6-15-16(10-14)19-8-7-18-15/h5-8,10,13H,3-4,9,11-12H2,1-2H3,(H,20,23). The number of fused-ring (bicyclic) bond motifs is 1. The fourth-order valence-electron chi connectivity index (χ4n) is 3.08. The molecule has 3 rings (SSSR count).